The molecule has 1 saturated carbocycles. The molecule has 1 N–H and O–H groups in total. The predicted molar refractivity (Wildman–Crippen MR) is 77.2 cm³/mol. The summed E-state index contributed by atoms with van der Waals surface area (Å²) in [5, 5.41) is 3.12. The zero-order valence-electron chi connectivity index (χ0n) is 12.2. The number of rotatable bonds is 5. The Hall–Kier alpha value is -1.59. The van der Waals surface area contributed by atoms with Crippen molar-refractivity contribution in [3.63, 3.8) is 0 Å². The quantitative estimate of drug-likeness (QED) is 0.896. The van der Waals surface area contributed by atoms with Gasteiger partial charge < -0.3 is 19.5 Å². The van der Waals surface area contributed by atoms with Crippen LogP contribution in [0.4, 0.5) is 0 Å². The van der Waals surface area contributed by atoms with Gasteiger partial charge in [0.15, 0.2) is 6.10 Å². The van der Waals surface area contributed by atoms with Gasteiger partial charge in [-0.2, -0.15) is 0 Å². The summed E-state index contributed by atoms with van der Waals surface area (Å²) in [6, 6.07) is 7.93. The minimum Gasteiger partial charge on any atom is -0.497 e. The molecule has 0 spiro atoms. The maximum atomic E-state index is 12.3. The highest BCUT2D eigenvalue weighted by Crippen LogP contribution is 2.41. The summed E-state index contributed by atoms with van der Waals surface area (Å²) in [6.07, 6.45) is 1.82. The minimum atomic E-state index is -0.488. The Bertz CT molecular complexity index is 478. The molecule has 1 aromatic rings. The average Bonchev–Trinajstić information content (AvgIpc) is 3.38. The number of methoxy groups -OCH3 is 1. The van der Waals surface area contributed by atoms with Gasteiger partial charge >= 0.3 is 0 Å². The summed E-state index contributed by atoms with van der Waals surface area (Å²) in [5.41, 5.74) is 1.11. The Morgan fingerprint density at radius 3 is 2.62 bits per heavy atom. The third kappa shape index (κ3) is 3.54. The molecule has 0 aromatic heterocycles. The van der Waals surface area contributed by atoms with Crippen molar-refractivity contribution in [1.82, 2.24) is 5.32 Å². The molecule has 1 aliphatic heterocycles. The van der Waals surface area contributed by atoms with Crippen molar-refractivity contribution in [1.29, 1.82) is 0 Å². The molecule has 5 heteroatoms. The van der Waals surface area contributed by atoms with Crippen LogP contribution in [0.3, 0.4) is 0 Å². The first kappa shape index (κ1) is 14.4. The average molecular weight is 291 g/mol. The van der Waals surface area contributed by atoms with Crippen molar-refractivity contribution in [2.24, 2.45) is 5.92 Å². The molecule has 1 amide bonds. The lowest BCUT2D eigenvalue weighted by molar-refractivity contribution is -0.148. The Labute approximate surface area is 124 Å². The van der Waals surface area contributed by atoms with E-state index in [1.165, 1.54) is 0 Å². The highest BCUT2D eigenvalue weighted by Gasteiger charge is 2.35. The molecule has 0 bridgehead atoms. The van der Waals surface area contributed by atoms with Gasteiger partial charge in [0, 0.05) is 0 Å². The van der Waals surface area contributed by atoms with Gasteiger partial charge in [-0.3, -0.25) is 4.79 Å². The fraction of sp³-hybridized carbons (Fsp3) is 0.562. The largest absolute Gasteiger partial charge is 0.497 e. The standard InChI is InChI=1S/C16H21NO4/c1-19-13-6-4-12(5-7-13)15(11-2-3-11)17-16(18)14-10-20-8-9-21-14/h4-7,11,14-15H,2-3,8-10H2,1H3,(H,17,18)/t14-,15-/m0/s1. The van der Waals surface area contributed by atoms with Crippen LogP contribution in [0.25, 0.3) is 0 Å². The van der Waals surface area contributed by atoms with Crippen LogP contribution >= 0.6 is 0 Å². The number of hydrogen-bond acceptors (Lipinski definition) is 4. The molecule has 1 aromatic carbocycles. The van der Waals surface area contributed by atoms with E-state index in [2.05, 4.69) is 5.32 Å². The molecule has 114 valence electrons. The maximum Gasteiger partial charge on any atom is 0.252 e. The highest BCUT2D eigenvalue weighted by molar-refractivity contribution is 5.81. The molecule has 21 heavy (non-hydrogen) atoms. The van der Waals surface area contributed by atoms with Crippen LogP contribution in [0.5, 0.6) is 5.75 Å². The van der Waals surface area contributed by atoms with Crippen molar-refractivity contribution in [3.05, 3.63) is 29.8 Å². The van der Waals surface area contributed by atoms with Gasteiger partial charge in [-0.1, -0.05) is 12.1 Å². The monoisotopic (exact) mass is 291 g/mol. The summed E-state index contributed by atoms with van der Waals surface area (Å²) in [4.78, 5) is 12.3. The maximum absolute atomic E-state index is 12.3. The molecule has 2 aliphatic rings. The van der Waals surface area contributed by atoms with Gasteiger partial charge in [-0.15, -0.1) is 0 Å². The SMILES string of the molecule is COc1ccc([C@@H](NC(=O)[C@@H]2COCCO2)C2CC2)cc1. The van der Waals surface area contributed by atoms with Gasteiger partial charge in [0.25, 0.3) is 5.91 Å². The number of amides is 1. The topological polar surface area (TPSA) is 56.8 Å². The van der Waals surface area contributed by atoms with Crippen LogP contribution in [0, 0.1) is 5.92 Å². The third-order valence-electron chi connectivity index (χ3n) is 3.97. The van der Waals surface area contributed by atoms with Crippen molar-refractivity contribution < 1.29 is 19.0 Å². The van der Waals surface area contributed by atoms with Crippen LogP contribution in [0.2, 0.25) is 0 Å². The molecule has 5 nitrogen and oxygen atoms in total. The van der Waals surface area contributed by atoms with Crippen molar-refractivity contribution >= 4 is 5.91 Å². The van der Waals surface area contributed by atoms with Crippen molar-refractivity contribution in [2.75, 3.05) is 26.9 Å². The Kier molecular flexibility index (Phi) is 4.41. The highest BCUT2D eigenvalue weighted by atomic mass is 16.6. The second-order valence-electron chi connectivity index (χ2n) is 5.53. The lowest BCUT2D eigenvalue weighted by atomic mass is 10.0. The smallest absolute Gasteiger partial charge is 0.252 e. The first-order valence-corrected chi connectivity index (χ1v) is 7.41. The minimum absolute atomic E-state index is 0.0499. The number of benzene rings is 1. The molecule has 0 radical (unpaired) electrons. The van der Waals surface area contributed by atoms with Gasteiger partial charge in [0.1, 0.15) is 5.75 Å². The number of ether oxygens (including phenoxy) is 3. The van der Waals surface area contributed by atoms with E-state index >= 15 is 0 Å². The van der Waals surface area contributed by atoms with E-state index in [-0.39, 0.29) is 11.9 Å². The molecular formula is C16H21NO4. The predicted octanol–water partition coefficient (Wildman–Crippen LogP) is 1.68. The van der Waals surface area contributed by atoms with E-state index in [4.69, 9.17) is 14.2 Å². The zero-order chi connectivity index (χ0) is 14.7. The first-order chi connectivity index (χ1) is 10.3. The van der Waals surface area contributed by atoms with Crippen LogP contribution < -0.4 is 10.1 Å². The van der Waals surface area contributed by atoms with E-state index in [9.17, 15) is 4.79 Å². The summed E-state index contributed by atoms with van der Waals surface area (Å²) in [5.74, 6) is 1.26. The van der Waals surface area contributed by atoms with Gasteiger partial charge in [-0.25, -0.2) is 0 Å². The lowest BCUT2D eigenvalue weighted by Crippen LogP contribution is -2.44. The Morgan fingerprint density at radius 1 is 1.29 bits per heavy atom. The van der Waals surface area contributed by atoms with E-state index in [1.54, 1.807) is 7.11 Å². The van der Waals surface area contributed by atoms with Crippen LogP contribution in [0.15, 0.2) is 24.3 Å². The first-order valence-electron chi connectivity index (χ1n) is 7.41. The van der Waals surface area contributed by atoms with Crippen LogP contribution in [-0.2, 0) is 14.3 Å². The molecule has 1 aliphatic carbocycles. The second kappa shape index (κ2) is 6.45. The molecule has 0 unspecified atom stereocenters. The van der Waals surface area contributed by atoms with Crippen molar-refractivity contribution in [2.45, 2.75) is 25.0 Å². The molecule has 2 atom stereocenters. The summed E-state index contributed by atoms with van der Waals surface area (Å²) in [6.45, 7) is 1.38. The Morgan fingerprint density at radius 2 is 2.05 bits per heavy atom. The van der Waals surface area contributed by atoms with Crippen molar-refractivity contribution in [3.8, 4) is 5.75 Å². The van der Waals surface area contributed by atoms with Gasteiger partial charge in [0.2, 0.25) is 0 Å². The molecule has 1 heterocycles. The van der Waals surface area contributed by atoms with Gasteiger partial charge in [-0.05, 0) is 36.5 Å². The summed E-state index contributed by atoms with van der Waals surface area (Å²) >= 11 is 0. The second-order valence-corrected chi connectivity index (χ2v) is 5.53. The third-order valence-corrected chi connectivity index (χ3v) is 3.97. The fourth-order valence-corrected chi connectivity index (χ4v) is 2.60. The number of carbonyl (C=O) groups excluding carboxylic acids is 1. The molecule has 1 saturated heterocycles. The molecular weight excluding hydrogens is 270 g/mol. The van der Waals surface area contributed by atoms with Gasteiger partial charge in [0.05, 0.1) is 33.0 Å². The van der Waals surface area contributed by atoms with E-state index in [0.29, 0.717) is 25.7 Å². The fourth-order valence-electron chi connectivity index (χ4n) is 2.60. The zero-order valence-corrected chi connectivity index (χ0v) is 12.2. The van der Waals surface area contributed by atoms with E-state index in [0.717, 1.165) is 24.2 Å². The van der Waals surface area contributed by atoms with E-state index < -0.39 is 6.10 Å². The van der Waals surface area contributed by atoms with E-state index in [1.807, 2.05) is 24.3 Å². The lowest BCUT2D eigenvalue weighted by Gasteiger charge is -2.25. The number of nitrogens with one attached hydrogen (secondary N) is 1. The van der Waals surface area contributed by atoms with Crippen LogP contribution in [-0.4, -0.2) is 38.9 Å². The number of hydrogen-bond donors (Lipinski definition) is 1. The summed E-state index contributed by atoms with van der Waals surface area (Å²) in [7, 11) is 1.65. The molecule has 2 fully saturated rings. The normalized spacial score (nSPS) is 23.4. The summed E-state index contributed by atoms with van der Waals surface area (Å²) < 4.78 is 15.9. The Balaban J connectivity index is 1.67. The molecule has 3 rings (SSSR count). The van der Waals surface area contributed by atoms with Crippen LogP contribution in [0.1, 0.15) is 24.4 Å². The number of carbonyl (C=O) groups is 1.